The van der Waals surface area contributed by atoms with Crippen LogP contribution in [0.4, 0.5) is 0 Å². The van der Waals surface area contributed by atoms with Crippen LogP contribution in [0.3, 0.4) is 0 Å². The van der Waals surface area contributed by atoms with Crippen molar-refractivity contribution in [3.8, 4) is 0 Å². The summed E-state index contributed by atoms with van der Waals surface area (Å²) in [6.45, 7) is 7.52. The Kier molecular flexibility index (Phi) is 4.66. The second-order valence-electron chi connectivity index (χ2n) is 4.31. The van der Waals surface area contributed by atoms with E-state index in [1.807, 2.05) is 0 Å². The summed E-state index contributed by atoms with van der Waals surface area (Å²) in [7, 11) is 0. The lowest BCUT2D eigenvalue weighted by molar-refractivity contribution is 0.355. The third-order valence-corrected chi connectivity index (χ3v) is 3.26. The lowest BCUT2D eigenvalue weighted by Crippen LogP contribution is -2.46. The van der Waals surface area contributed by atoms with Gasteiger partial charge in [0.05, 0.1) is 0 Å². The first-order valence-corrected chi connectivity index (χ1v) is 6.13. The highest BCUT2D eigenvalue weighted by Crippen LogP contribution is 2.18. The molecule has 82 valence electrons. The Hall–Kier alpha value is -0.310. The molecule has 3 heteroatoms. The van der Waals surface area contributed by atoms with E-state index in [9.17, 15) is 0 Å². The Morgan fingerprint density at radius 2 is 2.00 bits per heavy atom. The summed E-state index contributed by atoms with van der Waals surface area (Å²) in [5.74, 6) is 0. The van der Waals surface area contributed by atoms with E-state index in [1.54, 1.807) is 0 Å². The van der Waals surface area contributed by atoms with Gasteiger partial charge in [-0.2, -0.15) is 0 Å². The highest BCUT2D eigenvalue weighted by atomic mass is 32.1. The van der Waals surface area contributed by atoms with Crippen LogP contribution in [-0.2, 0) is 0 Å². The lowest BCUT2D eigenvalue weighted by Gasteiger charge is -2.30. The summed E-state index contributed by atoms with van der Waals surface area (Å²) >= 11 is 5.40. The number of nitrogens with one attached hydrogen (secondary N) is 1. The van der Waals surface area contributed by atoms with Crippen molar-refractivity contribution in [1.82, 2.24) is 10.2 Å². The van der Waals surface area contributed by atoms with E-state index in [2.05, 4.69) is 31.0 Å². The Bertz CT molecular complexity index is 186. The molecule has 1 rings (SSSR count). The molecule has 0 aromatic heterocycles. The van der Waals surface area contributed by atoms with Crippen molar-refractivity contribution >= 4 is 17.3 Å². The molecule has 14 heavy (non-hydrogen) atoms. The average molecular weight is 214 g/mol. The van der Waals surface area contributed by atoms with Crippen LogP contribution in [0.5, 0.6) is 0 Å². The lowest BCUT2D eigenvalue weighted by atomic mass is 10.2. The van der Waals surface area contributed by atoms with Crippen molar-refractivity contribution in [2.45, 2.75) is 58.5 Å². The zero-order valence-electron chi connectivity index (χ0n) is 9.55. The molecule has 1 aliphatic rings. The number of hydrogen-bond acceptors (Lipinski definition) is 1. The van der Waals surface area contributed by atoms with Gasteiger partial charge in [-0.25, -0.2) is 0 Å². The number of nitrogens with zero attached hydrogens (tertiary/aromatic N) is 1. The van der Waals surface area contributed by atoms with Gasteiger partial charge in [-0.05, 0) is 45.8 Å². The minimum atomic E-state index is 0.501. The maximum Gasteiger partial charge on any atom is 0.169 e. The van der Waals surface area contributed by atoms with Gasteiger partial charge < -0.3 is 10.2 Å². The molecule has 1 N–H and O–H groups in total. The van der Waals surface area contributed by atoms with Gasteiger partial charge in [0, 0.05) is 18.6 Å². The minimum absolute atomic E-state index is 0.501. The molecule has 0 bridgehead atoms. The molecular weight excluding hydrogens is 192 g/mol. The second kappa shape index (κ2) is 5.54. The molecule has 0 aromatic carbocycles. The Balaban J connectivity index is 2.38. The Morgan fingerprint density at radius 3 is 2.43 bits per heavy atom. The summed E-state index contributed by atoms with van der Waals surface area (Å²) < 4.78 is 0. The predicted molar refractivity (Wildman–Crippen MR) is 65.5 cm³/mol. The third-order valence-electron chi connectivity index (χ3n) is 2.91. The normalized spacial score (nSPS) is 17.4. The molecule has 0 saturated heterocycles. The molecule has 0 atom stereocenters. The van der Waals surface area contributed by atoms with E-state index in [4.69, 9.17) is 12.2 Å². The molecule has 0 heterocycles. The van der Waals surface area contributed by atoms with Crippen LogP contribution in [-0.4, -0.2) is 28.6 Å². The number of hydrogen-bond donors (Lipinski definition) is 1. The third kappa shape index (κ3) is 3.12. The van der Waals surface area contributed by atoms with Gasteiger partial charge >= 0.3 is 0 Å². The van der Waals surface area contributed by atoms with E-state index in [0.29, 0.717) is 12.1 Å². The van der Waals surface area contributed by atoms with Crippen molar-refractivity contribution in [3.63, 3.8) is 0 Å². The van der Waals surface area contributed by atoms with E-state index in [1.165, 1.54) is 25.7 Å². The van der Waals surface area contributed by atoms with E-state index in [-0.39, 0.29) is 0 Å². The molecule has 0 unspecified atom stereocenters. The molecule has 2 nitrogen and oxygen atoms in total. The quantitative estimate of drug-likeness (QED) is 0.727. The average Bonchev–Trinajstić information content (AvgIpc) is 2.57. The summed E-state index contributed by atoms with van der Waals surface area (Å²) in [5, 5.41) is 4.41. The molecule has 1 saturated carbocycles. The molecule has 0 aliphatic heterocycles. The molecule has 1 aliphatic carbocycles. The zero-order chi connectivity index (χ0) is 10.6. The second-order valence-corrected chi connectivity index (χ2v) is 4.70. The van der Waals surface area contributed by atoms with Gasteiger partial charge in [-0.15, -0.1) is 0 Å². The van der Waals surface area contributed by atoms with Gasteiger partial charge in [-0.1, -0.05) is 12.8 Å². The van der Waals surface area contributed by atoms with Crippen molar-refractivity contribution in [3.05, 3.63) is 0 Å². The van der Waals surface area contributed by atoms with Crippen LogP contribution >= 0.6 is 12.2 Å². The molecule has 0 spiro atoms. The summed E-state index contributed by atoms with van der Waals surface area (Å²) in [6.07, 6.45) is 5.29. The molecule has 0 radical (unpaired) electrons. The first-order valence-electron chi connectivity index (χ1n) is 5.72. The summed E-state index contributed by atoms with van der Waals surface area (Å²) in [4.78, 5) is 2.24. The van der Waals surface area contributed by atoms with Gasteiger partial charge in [0.1, 0.15) is 0 Å². The van der Waals surface area contributed by atoms with Gasteiger partial charge in [0.15, 0.2) is 5.11 Å². The number of rotatable bonds is 3. The fourth-order valence-electron chi connectivity index (χ4n) is 2.07. The smallest absolute Gasteiger partial charge is 0.169 e. The van der Waals surface area contributed by atoms with Crippen LogP contribution in [0.2, 0.25) is 0 Å². The molecular formula is C11H22N2S. The molecule has 1 fully saturated rings. The zero-order valence-corrected chi connectivity index (χ0v) is 10.4. The Morgan fingerprint density at radius 1 is 1.43 bits per heavy atom. The predicted octanol–water partition coefficient (Wildman–Crippen LogP) is 2.53. The van der Waals surface area contributed by atoms with Crippen molar-refractivity contribution < 1.29 is 0 Å². The SMILES string of the molecule is CCN(C(=S)NC1CCCC1)C(C)C. The van der Waals surface area contributed by atoms with Crippen molar-refractivity contribution in [2.75, 3.05) is 6.54 Å². The minimum Gasteiger partial charge on any atom is -0.360 e. The van der Waals surface area contributed by atoms with Crippen LogP contribution in [0.25, 0.3) is 0 Å². The van der Waals surface area contributed by atoms with Crippen LogP contribution in [0.15, 0.2) is 0 Å². The first-order chi connectivity index (χ1) is 6.65. The first kappa shape index (κ1) is 11.8. The van der Waals surface area contributed by atoms with E-state index in [0.717, 1.165) is 11.7 Å². The van der Waals surface area contributed by atoms with Crippen LogP contribution in [0, 0.1) is 0 Å². The monoisotopic (exact) mass is 214 g/mol. The summed E-state index contributed by atoms with van der Waals surface area (Å²) in [6, 6.07) is 1.14. The Labute approximate surface area is 93.1 Å². The number of thiocarbonyl (C=S) groups is 1. The van der Waals surface area contributed by atoms with E-state index < -0.39 is 0 Å². The standard InChI is InChI=1S/C11H22N2S/c1-4-13(9(2)3)11(14)12-10-7-5-6-8-10/h9-10H,4-8H2,1-3H3,(H,12,14). The maximum atomic E-state index is 5.40. The molecule has 0 amide bonds. The highest BCUT2D eigenvalue weighted by molar-refractivity contribution is 7.80. The highest BCUT2D eigenvalue weighted by Gasteiger charge is 2.18. The van der Waals surface area contributed by atoms with Gasteiger partial charge in [-0.3, -0.25) is 0 Å². The van der Waals surface area contributed by atoms with Crippen molar-refractivity contribution in [2.24, 2.45) is 0 Å². The van der Waals surface area contributed by atoms with Gasteiger partial charge in [0.25, 0.3) is 0 Å². The van der Waals surface area contributed by atoms with E-state index >= 15 is 0 Å². The fraction of sp³-hybridized carbons (Fsp3) is 0.909. The largest absolute Gasteiger partial charge is 0.360 e. The molecule has 0 aromatic rings. The van der Waals surface area contributed by atoms with Crippen LogP contribution < -0.4 is 5.32 Å². The van der Waals surface area contributed by atoms with Crippen molar-refractivity contribution in [1.29, 1.82) is 0 Å². The summed E-state index contributed by atoms with van der Waals surface area (Å²) in [5.41, 5.74) is 0. The maximum absolute atomic E-state index is 5.40. The fourth-order valence-corrected chi connectivity index (χ4v) is 2.58. The van der Waals surface area contributed by atoms with Crippen LogP contribution in [0.1, 0.15) is 46.5 Å². The topological polar surface area (TPSA) is 15.3 Å². The van der Waals surface area contributed by atoms with Gasteiger partial charge in [0.2, 0.25) is 0 Å².